The molecule has 3 N–H and O–H groups in total. The molecular weight excluding hydrogens is 236 g/mol. The molecule has 0 heterocycles. The Labute approximate surface area is 102 Å². The van der Waals surface area contributed by atoms with Gasteiger partial charge in [-0.25, -0.2) is 13.1 Å². The molecule has 1 fully saturated rings. The largest absolute Gasteiger partial charge is 0.330 e. The van der Waals surface area contributed by atoms with Gasteiger partial charge >= 0.3 is 0 Å². The molecule has 2 rings (SSSR count). The SMILES string of the molecule is NCCCc1ccc(S(=O)(=O)NC2CC2)cc1. The molecule has 1 saturated carbocycles. The number of benzene rings is 1. The molecule has 0 saturated heterocycles. The smallest absolute Gasteiger partial charge is 0.240 e. The van der Waals surface area contributed by atoms with Crippen molar-refractivity contribution < 1.29 is 8.42 Å². The second-order valence-corrected chi connectivity index (χ2v) is 6.15. The van der Waals surface area contributed by atoms with Gasteiger partial charge in [0.2, 0.25) is 10.0 Å². The standard InChI is InChI=1S/C12H18N2O2S/c13-9-1-2-10-3-7-12(8-4-10)17(15,16)14-11-5-6-11/h3-4,7-8,11,14H,1-2,5-6,9,13H2. The van der Waals surface area contributed by atoms with Crippen molar-refractivity contribution in [2.24, 2.45) is 5.73 Å². The number of hydrogen-bond acceptors (Lipinski definition) is 3. The zero-order chi connectivity index (χ0) is 12.3. The first kappa shape index (κ1) is 12.5. The van der Waals surface area contributed by atoms with Crippen LogP contribution < -0.4 is 10.5 Å². The minimum Gasteiger partial charge on any atom is -0.330 e. The summed E-state index contributed by atoms with van der Waals surface area (Å²) in [5.74, 6) is 0. The van der Waals surface area contributed by atoms with Crippen LogP contribution in [0.15, 0.2) is 29.2 Å². The molecule has 0 amide bonds. The summed E-state index contributed by atoms with van der Waals surface area (Å²) >= 11 is 0. The molecule has 0 unspecified atom stereocenters. The summed E-state index contributed by atoms with van der Waals surface area (Å²) in [4.78, 5) is 0.348. The van der Waals surface area contributed by atoms with Gasteiger partial charge in [0.15, 0.2) is 0 Å². The van der Waals surface area contributed by atoms with Gasteiger partial charge < -0.3 is 5.73 Å². The Morgan fingerprint density at radius 2 is 1.88 bits per heavy atom. The lowest BCUT2D eigenvalue weighted by molar-refractivity contribution is 0.581. The molecule has 1 aromatic carbocycles. The molecule has 0 spiro atoms. The Morgan fingerprint density at radius 1 is 1.24 bits per heavy atom. The highest BCUT2D eigenvalue weighted by Gasteiger charge is 2.27. The second kappa shape index (κ2) is 5.16. The van der Waals surface area contributed by atoms with Crippen molar-refractivity contribution in [1.29, 1.82) is 0 Å². The summed E-state index contributed by atoms with van der Waals surface area (Å²) in [6, 6.07) is 7.19. The van der Waals surface area contributed by atoms with Crippen molar-refractivity contribution in [2.75, 3.05) is 6.54 Å². The monoisotopic (exact) mass is 254 g/mol. The van der Waals surface area contributed by atoms with Crippen LogP contribution in [-0.2, 0) is 16.4 Å². The van der Waals surface area contributed by atoms with E-state index in [9.17, 15) is 8.42 Å². The Bertz CT molecular complexity index is 464. The third kappa shape index (κ3) is 3.52. The van der Waals surface area contributed by atoms with Gasteiger partial charge in [0, 0.05) is 6.04 Å². The van der Waals surface area contributed by atoms with E-state index in [2.05, 4.69) is 4.72 Å². The van der Waals surface area contributed by atoms with Gasteiger partial charge in [0.25, 0.3) is 0 Å². The molecule has 1 aromatic rings. The van der Waals surface area contributed by atoms with Gasteiger partial charge in [-0.3, -0.25) is 0 Å². The van der Waals surface area contributed by atoms with E-state index in [1.807, 2.05) is 12.1 Å². The molecule has 1 aliphatic carbocycles. The first-order valence-corrected chi connectivity index (χ1v) is 7.41. The average Bonchev–Trinajstić information content (AvgIpc) is 3.10. The fraction of sp³-hybridized carbons (Fsp3) is 0.500. The first-order chi connectivity index (χ1) is 8.12. The third-order valence-corrected chi connectivity index (χ3v) is 4.34. The summed E-state index contributed by atoms with van der Waals surface area (Å²) in [5, 5.41) is 0. The van der Waals surface area contributed by atoms with Crippen LogP contribution in [0.5, 0.6) is 0 Å². The van der Waals surface area contributed by atoms with E-state index in [0.717, 1.165) is 31.2 Å². The summed E-state index contributed by atoms with van der Waals surface area (Å²) in [6.07, 6.45) is 3.72. The van der Waals surface area contributed by atoms with E-state index in [4.69, 9.17) is 5.73 Å². The quantitative estimate of drug-likeness (QED) is 0.796. The molecule has 1 aliphatic rings. The lowest BCUT2D eigenvalue weighted by Crippen LogP contribution is -2.25. The van der Waals surface area contributed by atoms with Gasteiger partial charge in [-0.05, 0) is 49.9 Å². The van der Waals surface area contributed by atoms with E-state index in [1.165, 1.54) is 0 Å². The fourth-order valence-electron chi connectivity index (χ4n) is 1.63. The topological polar surface area (TPSA) is 72.2 Å². The van der Waals surface area contributed by atoms with Crippen molar-refractivity contribution in [3.63, 3.8) is 0 Å². The van der Waals surface area contributed by atoms with Crippen molar-refractivity contribution >= 4 is 10.0 Å². The molecule has 94 valence electrons. The molecule has 0 atom stereocenters. The molecule has 17 heavy (non-hydrogen) atoms. The van der Waals surface area contributed by atoms with Crippen LogP contribution in [0.4, 0.5) is 0 Å². The maximum absolute atomic E-state index is 11.9. The zero-order valence-electron chi connectivity index (χ0n) is 9.72. The van der Waals surface area contributed by atoms with Crippen molar-refractivity contribution in [1.82, 2.24) is 4.72 Å². The maximum Gasteiger partial charge on any atom is 0.240 e. The number of nitrogens with two attached hydrogens (primary N) is 1. The number of rotatable bonds is 6. The van der Waals surface area contributed by atoms with Gasteiger partial charge in [0.1, 0.15) is 0 Å². The lowest BCUT2D eigenvalue weighted by Gasteiger charge is -2.06. The van der Waals surface area contributed by atoms with Crippen LogP contribution in [-0.4, -0.2) is 21.0 Å². The zero-order valence-corrected chi connectivity index (χ0v) is 10.5. The van der Waals surface area contributed by atoms with Crippen LogP contribution in [0, 0.1) is 0 Å². The summed E-state index contributed by atoms with van der Waals surface area (Å²) < 4.78 is 26.4. The van der Waals surface area contributed by atoms with E-state index >= 15 is 0 Å². The molecule has 0 aromatic heterocycles. The van der Waals surface area contributed by atoms with E-state index < -0.39 is 10.0 Å². The highest BCUT2D eigenvalue weighted by Crippen LogP contribution is 2.22. The van der Waals surface area contributed by atoms with Crippen LogP contribution >= 0.6 is 0 Å². The molecule has 4 nitrogen and oxygen atoms in total. The van der Waals surface area contributed by atoms with Gasteiger partial charge in [-0.2, -0.15) is 0 Å². The first-order valence-electron chi connectivity index (χ1n) is 5.93. The summed E-state index contributed by atoms with van der Waals surface area (Å²) in [5.41, 5.74) is 6.56. The molecule has 0 radical (unpaired) electrons. The number of sulfonamides is 1. The Morgan fingerprint density at radius 3 is 2.41 bits per heavy atom. The number of aryl methyl sites for hydroxylation is 1. The van der Waals surface area contributed by atoms with Gasteiger partial charge in [0.05, 0.1) is 4.90 Å². The Kier molecular flexibility index (Phi) is 3.81. The van der Waals surface area contributed by atoms with Crippen LogP contribution in [0.2, 0.25) is 0 Å². The van der Waals surface area contributed by atoms with E-state index in [0.29, 0.717) is 11.4 Å². The van der Waals surface area contributed by atoms with E-state index in [-0.39, 0.29) is 6.04 Å². The Hall–Kier alpha value is -0.910. The predicted octanol–water partition coefficient (Wildman–Crippen LogP) is 1.02. The van der Waals surface area contributed by atoms with Crippen LogP contribution in [0.3, 0.4) is 0 Å². The maximum atomic E-state index is 11.9. The summed E-state index contributed by atoms with van der Waals surface area (Å²) in [6.45, 7) is 0.656. The van der Waals surface area contributed by atoms with Crippen LogP contribution in [0.1, 0.15) is 24.8 Å². The molecule has 0 aliphatic heterocycles. The summed E-state index contributed by atoms with van der Waals surface area (Å²) in [7, 11) is -3.31. The number of nitrogens with one attached hydrogen (secondary N) is 1. The van der Waals surface area contributed by atoms with Gasteiger partial charge in [-0.1, -0.05) is 12.1 Å². The van der Waals surface area contributed by atoms with Crippen molar-refractivity contribution in [2.45, 2.75) is 36.6 Å². The minimum atomic E-state index is -3.31. The lowest BCUT2D eigenvalue weighted by atomic mass is 10.1. The van der Waals surface area contributed by atoms with Crippen molar-refractivity contribution in [3.05, 3.63) is 29.8 Å². The molecule has 0 bridgehead atoms. The second-order valence-electron chi connectivity index (χ2n) is 4.43. The van der Waals surface area contributed by atoms with E-state index in [1.54, 1.807) is 12.1 Å². The number of hydrogen-bond donors (Lipinski definition) is 2. The predicted molar refractivity (Wildman–Crippen MR) is 67.2 cm³/mol. The fourth-order valence-corrected chi connectivity index (χ4v) is 2.94. The van der Waals surface area contributed by atoms with Crippen molar-refractivity contribution in [3.8, 4) is 0 Å². The molecular formula is C12H18N2O2S. The third-order valence-electron chi connectivity index (χ3n) is 2.80. The average molecular weight is 254 g/mol. The van der Waals surface area contributed by atoms with Crippen LogP contribution in [0.25, 0.3) is 0 Å². The normalized spacial score (nSPS) is 16.1. The van der Waals surface area contributed by atoms with Gasteiger partial charge in [-0.15, -0.1) is 0 Å². The highest BCUT2D eigenvalue weighted by atomic mass is 32.2. The molecule has 5 heteroatoms. The highest BCUT2D eigenvalue weighted by molar-refractivity contribution is 7.89. The Balaban J connectivity index is 2.05. The minimum absolute atomic E-state index is 0.150.